The second-order valence-electron chi connectivity index (χ2n) is 8.94. The van der Waals surface area contributed by atoms with Crippen LogP contribution in [0.4, 0.5) is 10.1 Å². The van der Waals surface area contributed by atoms with Crippen LogP contribution in [0.25, 0.3) is 55.3 Å². The summed E-state index contributed by atoms with van der Waals surface area (Å²) in [6.07, 6.45) is 6.25. The van der Waals surface area contributed by atoms with Crippen molar-refractivity contribution in [3.05, 3.63) is 59.7 Å². The topological polar surface area (TPSA) is 125 Å². The van der Waals surface area contributed by atoms with E-state index >= 15 is 4.39 Å². The maximum absolute atomic E-state index is 16.0. The van der Waals surface area contributed by atoms with Gasteiger partial charge in [0.05, 0.1) is 29.0 Å². The van der Waals surface area contributed by atoms with E-state index in [1.165, 1.54) is 23.5 Å². The van der Waals surface area contributed by atoms with Gasteiger partial charge in [0.2, 0.25) is 5.91 Å². The summed E-state index contributed by atoms with van der Waals surface area (Å²) in [6, 6.07) is 7.67. The van der Waals surface area contributed by atoms with Crippen LogP contribution in [0.5, 0.6) is 0 Å². The fraction of sp³-hybridized carbons (Fsp3) is 0.154. The molecule has 11 heteroatoms. The van der Waals surface area contributed by atoms with Crippen LogP contribution in [0.3, 0.4) is 0 Å². The summed E-state index contributed by atoms with van der Waals surface area (Å²) in [4.78, 5) is 35.2. The van der Waals surface area contributed by atoms with Crippen molar-refractivity contribution in [2.75, 3.05) is 5.32 Å². The molecular weight excluding hydrogens is 491 g/mol. The molecule has 6 rings (SSSR count). The Hall–Kier alpha value is -4.51. The number of carbonyl (C=O) groups excluding carboxylic acids is 1. The van der Waals surface area contributed by atoms with Crippen LogP contribution in [0.15, 0.2) is 49.1 Å². The van der Waals surface area contributed by atoms with E-state index in [-0.39, 0.29) is 22.9 Å². The summed E-state index contributed by atoms with van der Waals surface area (Å²) in [5, 5.41) is 10.2. The van der Waals surface area contributed by atoms with Crippen molar-refractivity contribution in [3.8, 4) is 33.2 Å². The highest BCUT2D eigenvalue weighted by atomic mass is 32.1. The number of H-pyrrole nitrogens is 2. The molecule has 0 aliphatic heterocycles. The molecule has 0 aliphatic carbocycles. The maximum atomic E-state index is 16.0. The zero-order valence-corrected chi connectivity index (χ0v) is 20.9. The van der Waals surface area contributed by atoms with Crippen molar-refractivity contribution < 1.29 is 9.18 Å². The first-order chi connectivity index (χ1) is 17.9. The van der Waals surface area contributed by atoms with Gasteiger partial charge in [-0.25, -0.2) is 14.4 Å². The highest BCUT2D eigenvalue weighted by Gasteiger charge is 2.22. The number of carbonyl (C=O) groups is 1. The lowest BCUT2D eigenvalue weighted by Crippen LogP contribution is -2.17. The predicted octanol–water partition coefficient (Wildman–Crippen LogP) is 5.73. The lowest BCUT2D eigenvalue weighted by molar-refractivity contribution is -0.118. The Kier molecular flexibility index (Phi) is 5.49. The first-order valence-electron chi connectivity index (χ1n) is 11.6. The number of hydrogen-bond acceptors (Lipinski definition) is 7. The van der Waals surface area contributed by atoms with Crippen molar-refractivity contribution in [1.29, 1.82) is 0 Å². The maximum Gasteiger partial charge on any atom is 0.226 e. The lowest BCUT2D eigenvalue weighted by Gasteiger charge is -2.09. The molecule has 6 aromatic rings. The molecule has 1 amide bonds. The normalized spacial score (nSPS) is 11.6. The summed E-state index contributed by atoms with van der Waals surface area (Å²) < 4.78 is 16.0. The zero-order chi connectivity index (χ0) is 25.7. The number of aromatic nitrogens is 7. The minimum atomic E-state index is -0.571. The largest absolute Gasteiger partial charge is 0.324 e. The third-order valence-corrected chi connectivity index (χ3v) is 7.00. The number of rotatable bonds is 5. The number of amides is 1. The van der Waals surface area contributed by atoms with Gasteiger partial charge in [-0.3, -0.25) is 19.9 Å². The Labute approximate surface area is 214 Å². The molecule has 0 saturated heterocycles. The molecule has 184 valence electrons. The number of fused-ring (bicyclic) bond motifs is 2. The van der Waals surface area contributed by atoms with Gasteiger partial charge in [-0.15, -0.1) is 11.3 Å². The van der Waals surface area contributed by atoms with Crippen LogP contribution in [0.2, 0.25) is 0 Å². The molecule has 37 heavy (non-hydrogen) atoms. The molecule has 0 radical (unpaired) electrons. The molecule has 3 N–H and O–H groups in total. The van der Waals surface area contributed by atoms with E-state index in [1.807, 2.05) is 6.07 Å². The van der Waals surface area contributed by atoms with Crippen LogP contribution >= 0.6 is 11.3 Å². The third-order valence-electron chi connectivity index (χ3n) is 5.96. The Balaban J connectivity index is 1.45. The molecule has 0 saturated carbocycles. The van der Waals surface area contributed by atoms with Crippen molar-refractivity contribution >= 4 is 45.0 Å². The average Bonchev–Trinajstić information content (AvgIpc) is 3.62. The van der Waals surface area contributed by atoms with Crippen LogP contribution in [-0.4, -0.2) is 41.0 Å². The molecule has 0 aliphatic rings. The van der Waals surface area contributed by atoms with Gasteiger partial charge in [0.15, 0.2) is 17.3 Å². The summed E-state index contributed by atoms with van der Waals surface area (Å²) in [5.74, 6) is -0.541. The van der Waals surface area contributed by atoms with Gasteiger partial charge in [0, 0.05) is 39.2 Å². The van der Waals surface area contributed by atoms with Crippen LogP contribution < -0.4 is 5.32 Å². The van der Waals surface area contributed by atoms with Gasteiger partial charge in [0.25, 0.3) is 0 Å². The number of halogens is 1. The molecule has 0 spiro atoms. The molecule has 0 bridgehead atoms. The number of nitrogens with zero attached hydrogens (tertiary/aromatic N) is 5. The van der Waals surface area contributed by atoms with E-state index in [0.717, 1.165) is 10.4 Å². The number of anilines is 1. The van der Waals surface area contributed by atoms with E-state index in [1.54, 1.807) is 37.4 Å². The van der Waals surface area contributed by atoms with E-state index < -0.39 is 5.82 Å². The summed E-state index contributed by atoms with van der Waals surface area (Å²) in [6.45, 7) is 5.64. The van der Waals surface area contributed by atoms with Gasteiger partial charge < -0.3 is 10.3 Å². The Morgan fingerprint density at radius 2 is 1.97 bits per heavy atom. The quantitative estimate of drug-likeness (QED) is 0.271. The Morgan fingerprint density at radius 3 is 2.76 bits per heavy atom. The van der Waals surface area contributed by atoms with E-state index in [0.29, 0.717) is 39.4 Å². The lowest BCUT2D eigenvalue weighted by atomic mass is 10.1. The predicted molar refractivity (Wildman–Crippen MR) is 141 cm³/mol. The van der Waals surface area contributed by atoms with Gasteiger partial charge >= 0.3 is 0 Å². The first-order valence-corrected chi connectivity index (χ1v) is 12.4. The molecule has 6 heterocycles. The number of hydrogen-bond donors (Lipinski definition) is 3. The van der Waals surface area contributed by atoms with Crippen LogP contribution in [0.1, 0.15) is 18.7 Å². The molecule has 0 aromatic carbocycles. The first kappa shape index (κ1) is 22.9. The van der Waals surface area contributed by atoms with E-state index in [2.05, 4.69) is 54.5 Å². The number of thiophene rings is 1. The second-order valence-corrected chi connectivity index (χ2v) is 10.2. The standard InChI is InChI=1S/C26H21FN8OS/c1-12(2)26(36)31-15-8-14(9-28-10-15)21-20(27)19-17(11-30-21)34-35-23(19)25-32-22-16(6-7-29-24(22)33-25)18-5-4-13(3)37-18/h4-12H,1-3H3,(H,31,36)(H,34,35)(H,29,32,33). The van der Waals surface area contributed by atoms with Crippen molar-refractivity contribution in [3.63, 3.8) is 0 Å². The number of nitrogens with one attached hydrogen (secondary N) is 3. The van der Waals surface area contributed by atoms with Crippen molar-refractivity contribution in [2.45, 2.75) is 20.8 Å². The third kappa shape index (κ3) is 4.02. The Morgan fingerprint density at radius 1 is 1.11 bits per heavy atom. The molecule has 9 nitrogen and oxygen atoms in total. The number of aromatic amines is 2. The fourth-order valence-electron chi connectivity index (χ4n) is 4.07. The van der Waals surface area contributed by atoms with Crippen LogP contribution in [-0.2, 0) is 4.79 Å². The zero-order valence-electron chi connectivity index (χ0n) is 20.1. The highest BCUT2D eigenvalue weighted by Crippen LogP contribution is 2.35. The van der Waals surface area contributed by atoms with Crippen molar-refractivity contribution in [2.24, 2.45) is 5.92 Å². The summed E-state index contributed by atoms with van der Waals surface area (Å²) >= 11 is 1.67. The SMILES string of the molecule is Cc1ccc(-c2ccnc3[nH]c(-c4n[nH]c5cnc(-c6cncc(NC(=O)C(C)C)c6)c(F)c45)nc23)s1. The summed E-state index contributed by atoms with van der Waals surface area (Å²) in [7, 11) is 0. The molecule has 0 atom stereocenters. The fourth-order valence-corrected chi connectivity index (χ4v) is 4.97. The number of aryl methyl sites for hydroxylation is 1. The molecule has 0 unspecified atom stereocenters. The monoisotopic (exact) mass is 512 g/mol. The van der Waals surface area contributed by atoms with Gasteiger partial charge in [-0.1, -0.05) is 13.8 Å². The number of pyridine rings is 3. The van der Waals surface area contributed by atoms with Gasteiger partial charge in [-0.05, 0) is 31.2 Å². The summed E-state index contributed by atoms with van der Waals surface area (Å²) in [5.41, 5.74) is 3.94. The van der Waals surface area contributed by atoms with Gasteiger partial charge in [0.1, 0.15) is 16.9 Å². The van der Waals surface area contributed by atoms with E-state index in [9.17, 15) is 4.79 Å². The van der Waals surface area contributed by atoms with E-state index in [4.69, 9.17) is 4.98 Å². The minimum Gasteiger partial charge on any atom is -0.324 e. The molecule has 0 fully saturated rings. The molecule has 6 aromatic heterocycles. The van der Waals surface area contributed by atoms with Gasteiger partial charge in [-0.2, -0.15) is 5.10 Å². The van der Waals surface area contributed by atoms with Crippen molar-refractivity contribution in [1.82, 2.24) is 35.1 Å². The molecular formula is C26H21FN8OS. The van der Waals surface area contributed by atoms with Crippen LogP contribution in [0, 0.1) is 18.7 Å². The number of imidazole rings is 1. The minimum absolute atomic E-state index is 0.0901. The highest BCUT2D eigenvalue weighted by molar-refractivity contribution is 7.15. The Bertz CT molecular complexity index is 1800. The second kappa shape index (κ2) is 8.86. The smallest absolute Gasteiger partial charge is 0.226 e. The average molecular weight is 513 g/mol.